The minimum absolute atomic E-state index is 0.0986. The van der Waals surface area contributed by atoms with E-state index in [1.165, 1.54) is 0 Å². The average molecular weight is 486 g/mol. The standard InChI is InChI=1S/C27H27N5O4/c1-36-23-8-4-7-21-20(23)14-22(31-21)27(35)32-12-10-16-5-2-3-6-19(16)24(32)26(34)30-18(15-28)13-17-9-11-29-25(17)33/h2-8,14,17-18,24,31H,9-13H2,1H3,(H,29,33)(H,30,34)/t17-,18-,24?/m0/s1. The second kappa shape index (κ2) is 9.74. The first-order valence-electron chi connectivity index (χ1n) is 12.0. The van der Waals surface area contributed by atoms with Crippen LogP contribution in [-0.2, 0) is 16.0 Å². The third-order valence-electron chi connectivity index (χ3n) is 7.02. The van der Waals surface area contributed by atoms with E-state index in [0.29, 0.717) is 37.4 Å². The number of hydrogen-bond acceptors (Lipinski definition) is 5. The number of rotatable bonds is 6. The third-order valence-corrected chi connectivity index (χ3v) is 7.02. The Morgan fingerprint density at radius 1 is 1.25 bits per heavy atom. The fourth-order valence-corrected chi connectivity index (χ4v) is 5.19. The van der Waals surface area contributed by atoms with Crippen molar-refractivity contribution in [1.82, 2.24) is 20.5 Å². The summed E-state index contributed by atoms with van der Waals surface area (Å²) in [5.74, 6) is -0.513. The smallest absolute Gasteiger partial charge is 0.271 e. The van der Waals surface area contributed by atoms with Crippen molar-refractivity contribution in [2.75, 3.05) is 20.2 Å². The van der Waals surface area contributed by atoms with Crippen LogP contribution in [-0.4, -0.2) is 53.8 Å². The van der Waals surface area contributed by atoms with Gasteiger partial charge in [-0.3, -0.25) is 14.4 Å². The molecule has 3 heterocycles. The Kier molecular flexibility index (Phi) is 6.34. The third kappa shape index (κ3) is 4.26. The van der Waals surface area contributed by atoms with E-state index in [0.717, 1.165) is 22.0 Å². The largest absolute Gasteiger partial charge is 0.496 e. The summed E-state index contributed by atoms with van der Waals surface area (Å²) >= 11 is 0. The van der Waals surface area contributed by atoms with Gasteiger partial charge in [-0.2, -0.15) is 5.26 Å². The molecule has 0 bridgehead atoms. The summed E-state index contributed by atoms with van der Waals surface area (Å²) in [6.45, 7) is 0.922. The molecule has 36 heavy (non-hydrogen) atoms. The predicted octanol–water partition coefficient (Wildman–Crippen LogP) is 2.45. The van der Waals surface area contributed by atoms with Gasteiger partial charge < -0.3 is 25.3 Å². The van der Waals surface area contributed by atoms with E-state index in [2.05, 4.69) is 21.7 Å². The van der Waals surface area contributed by atoms with E-state index in [4.69, 9.17) is 4.74 Å². The molecule has 9 nitrogen and oxygen atoms in total. The molecule has 3 aromatic rings. The van der Waals surface area contributed by atoms with Crippen LogP contribution in [0.2, 0.25) is 0 Å². The molecule has 2 aliphatic rings. The maximum Gasteiger partial charge on any atom is 0.271 e. The van der Waals surface area contributed by atoms with Gasteiger partial charge in [0, 0.05) is 29.9 Å². The number of fused-ring (bicyclic) bond motifs is 2. The molecule has 1 unspecified atom stereocenters. The Morgan fingerprint density at radius 2 is 2.08 bits per heavy atom. The number of nitrogens with zero attached hydrogens (tertiary/aromatic N) is 2. The lowest BCUT2D eigenvalue weighted by Gasteiger charge is -2.36. The second-order valence-electron chi connectivity index (χ2n) is 9.16. The number of carbonyl (C=O) groups is 3. The monoisotopic (exact) mass is 485 g/mol. The van der Waals surface area contributed by atoms with Gasteiger partial charge in [0.05, 0.1) is 13.2 Å². The number of nitriles is 1. The SMILES string of the molecule is COc1cccc2[nH]c(C(=O)N3CCc4ccccc4C3C(=O)N[C@H](C#N)C[C@@H]3CCNC3=O)cc12. The Balaban J connectivity index is 1.44. The molecule has 3 amide bonds. The van der Waals surface area contributed by atoms with Crippen LogP contribution >= 0.6 is 0 Å². The first-order chi connectivity index (χ1) is 17.5. The lowest BCUT2D eigenvalue weighted by molar-refractivity contribution is -0.127. The fraction of sp³-hybridized carbons (Fsp3) is 0.333. The van der Waals surface area contributed by atoms with Crippen molar-refractivity contribution in [1.29, 1.82) is 5.26 Å². The number of H-pyrrole nitrogens is 1. The number of ether oxygens (including phenoxy) is 1. The summed E-state index contributed by atoms with van der Waals surface area (Å²) < 4.78 is 5.42. The molecule has 3 atom stereocenters. The van der Waals surface area contributed by atoms with E-state index in [-0.39, 0.29) is 24.2 Å². The maximum absolute atomic E-state index is 13.7. The van der Waals surface area contributed by atoms with Crippen molar-refractivity contribution >= 4 is 28.6 Å². The molecule has 0 saturated carbocycles. The Morgan fingerprint density at radius 3 is 2.83 bits per heavy atom. The summed E-state index contributed by atoms with van der Waals surface area (Å²) in [5.41, 5.74) is 2.84. The molecule has 0 aliphatic carbocycles. The van der Waals surface area contributed by atoms with Crippen LogP contribution in [0.1, 0.15) is 40.5 Å². The summed E-state index contributed by atoms with van der Waals surface area (Å²) in [6.07, 6.45) is 1.48. The van der Waals surface area contributed by atoms with Gasteiger partial charge in [-0.05, 0) is 48.6 Å². The molecule has 9 heteroatoms. The van der Waals surface area contributed by atoms with Crippen molar-refractivity contribution in [3.05, 3.63) is 65.4 Å². The second-order valence-corrected chi connectivity index (χ2v) is 9.16. The van der Waals surface area contributed by atoms with Gasteiger partial charge >= 0.3 is 0 Å². The summed E-state index contributed by atoms with van der Waals surface area (Å²) in [5, 5.41) is 16.0. The number of aromatic amines is 1. The summed E-state index contributed by atoms with van der Waals surface area (Å²) in [6, 6.07) is 15.2. The topological polar surface area (TPSA) is 127 Å². The summed E-state index contributed by atoms with van der Waals surface area (Å²) in [7, 11) is 1.58. The van der Waals surface area contributed by atoms with Crippen molar-refractivity contribution < 1.29 is 19.1 Å². The molecule has 3 N–H and O–H groups in total. The van der Waals surface area contributed by atoms with Gasteiger partial charge in [0.25, 0.3) is 5.91 Å². The zero-order valence-electron chi connectivity index (χ0n) is 19.9. The van der Waals surface area contributed by atoms with Crippen LogP contribution in [0, 0.1) is 17.2 Å². The number of nitrogens with one attached hydrogen (secondary N) is 3. The number of hydrogen-bond donors (Lipinski definition) is 3. The van der Waals surface area contributed by atoms with Gasteiger partial charge in [0.1, 0.15) is 23.5 Å². The molecule has 2 aliphatic heterocycles. The van der Waals surface area contributed by atoms with Gasteiger partial charge in [-0.1, -0.05) is 30.3 Å². The number of aromatic nitrogens is 1. The molecule has 0 spiro atoms. The average Bonchev–Trinajstić information content (AvgIpc) is 3.52. The van der Waals surface area contributed by atoms with E-state index in [1.54, 1.807) is 18.1 Å². The molecular weight excluding hydrogens is 458 g/mol. The number of amides is 3. The quantitative estimate of drug-likeness (QED) is 0.494. The predicted molar refractivity (Wildman–Crippen MR) is 132 cm³/mol. The highest BCUT2D eigenvalue weighted by Gasteiger charge is 2.38. The highest BCUT2D eigenvalue weighted by atomic mass is 16.5. The maximum atomic E-state index is 13.7. The molecule has 1 fully saturated rings. The molecular formula is C27H27N5O4. The van der Waals surface area contributed by atoms with Crippen LogP contribution in [0.5, 0.6) is 5.75 Å². The first kappa shape index (κ1) is 23.4. The summed E-state index contributed by atoms with van der Waals surface area (Å²) in [4.78, 5) is 44.0. The normalized spacial score (nSPS) is 19.8. The zero-order chi connectivity index (χ0) is 25.2. The highest BCUT2D eigenvalue weighted by molar-refractivity contribution is 6.02. The molecule has 2 aromatic carbocycles. The van der Waals surface area contributed by atoms with Crippen LogP contribution in [0.25, 0.3) is 10.9 Å². The van der Waals surface area contributed by atoms with Crippen molar-refractivity contribution in [3.8, 4) is 11.8 Å². The zero-order valence-corrected chi connectivity index (χ0v) is 19.9. The molecule has 1 saturated heterocycles. The van der Waals surface area contributed by atoms with Crippen LogP contribution < -0.4 is 15.4 Å². The van der Waals surface area contributed by atoms with Crippen LogP contribution in [0.3, 0.4) is 0 Å². The van der Waals surface area contributed by atoms with Crippen LogP contribution in [0.15, 0.2) is 48.5 Å². The lowest BCUT2D eigenvalue weighted by Crippen LogP contribution is -2.49. The van der Waals surface area contributed by atoms with Crippen molar-refractivity contribution in [2.45, 2.75) is 31.3 Å². The Hall–Kier alpha value is -4.32. The van der Waals surface area contributed by atoms with E-state index >= 15 is 0 Å². The van der Waals surface area contributed by atoms with Crippen LogP contribution in [0.4, 0.5) is 0 Å². The first-order valence-corrected chi connectivity index (χ1v) is 12.0. The highest BCUT2D eigenvalue weighted by Crippen LogP contribution is 2.33. The van der Waals surface area contributed by atoms with Crippen molar-refractivity contribution in [3.63, 3.8) is 0 Å². The Bertz CT molecular complexity index is 1370. The van der Waals surface area contributed by atoms with Gasteiger partial charge in [-0.15, -0.1) is 0 Å². The van der Waals surface area contributed by atoms with E-state index < -0.39 is 18.0 Å². The number of methoxy groups -OCH3 is 1. The number of benzene rings is 2. The molecule has 1 aromatic heterocycles. The minimum Gasteiger partial charge on any atom is -0.496 e. The van der Waals surface area contributed by atoms with E-state index in [9.17, 15) is 19.6 Å². The van der Waals surface area contributed by atoms with Gasteiger partial charge in [0.15, 0.2) is 0 Å². The lowest BCUT2D eigenvalue weighted by atomic mass is 9.91. The number of carbonyl (C=O) groups excluding carboxylic acids is 3. The van der Waals surface area contributed by atoms with Gasteiger partial charge in [0.2, 0.25) is 11.8 Å². The molecule has 0 radical (unpaired) electrons. The van der Waals surface area contributed by atoms with E-state index in [1.807, 2.05) is 42.5 Å². The fourth-order valence-electron chi connectivity index (χ4n) is 5.19. The molecule has 184 valence electrons. The minimum atomic E-state index is -0.899. The van der Waals surface area contributed by atoms with Crippen molar-refractivity contribution in [2.24, 2.45) is 5.92 Å². The Labute approximate surface area is 208 Å². The molecule has 5 rings (SSSR count). The van der Waals surface area contributed by atoms with Gasteiger partial charge in [-0.25, -0.2) is 0 Å².